The lowest BCUT2D eigenvalue weighted by molar-refractivity contribution is -0.0367. The highest BCUT2D eigenvalue weighted by Gasteiger charge is 2.41. The quantitative estimate of drug-likeness (QED) is 0.342. The van der Waals surface area contributed by atoms with Gasteiger partial charge in [0, 0.05) is 19.0 Å². The maximum absolute atomic E-state index is 10.6. The zero-order valence-electron chi connectivity index (χ0n) is 22.4. The summed E-state index contributed by atoms with van der Waals surface area (Å²) in [7, 11) is -0.201. The van der Waals surface area contributed by atoms with Crippen molar-refractivity contribution >= 4 is 19.0 Å². The van der Waals surface area contributed by atoms with E-state index < -0.39 is 8.07 Å². The molecule has 0 aromatic carbocycles. The highest BCUT2D eigenvalue weighted by atomic mass is 28.3. The lowest BCUT2D eigenvalue weighted by Gasteiger charge is -2.38. The van der Waals surface area contributed by atoms with Gasteiger partial charge in [0.2, 0.25) is 5.88 Å². The molecule has 3 aromatic rings. The molecular weight excluding hydrogens is 454 g/mol. The number of rotatable bonds is 5. The Bertz CT molecular complexity index is 1250. The molecule has 0 saturated carbocycles. The van der Waals surface area contributed by atoms with Crippen LogP contribution >= 0.6 is 0 Å². The van der Waals surface area contributed by atoms with E-state index in [9.17, 15) is 5.11 Å². The Morgan fingerprint density at radius 2 is 1.77 bits per heavy atom. The first-order valence-corrected chi connectivity index (χ1v) is 15.1. The second-order valence-corrected chi connectivity index (χ2v) is 16.3. The van der Waals surface area contributed by atoms with Gasteiger partial charge in [0.05, 0.1) is 28.7 Å². The van der Waals surface area contributed by atoms with Crippen molar-refractivity contribution in [3.63, 3.8) is 0 Å². The van der Waals surface area contributed by atoms with Gasteiger partial charge in [-0.05, 0) is 48.9 Å². The Morgan fingerprint density at radius 3 is 2.31 bits per heavy atom. The van der Waals surface area contributed by atoms with Gasteiger partial charge in [-0.3, -0.25) is 4.98 Å². The van der Waals surface area contributed by atoms with Crippen molar-refractivity contribution in [2.24, 2.45) is 7.05 Å². The van der Waals surface area contributed by atoms with E-state index in [0.29, 0.717) is 27.9 Å². The molecule has 35 heavy (non-hydrogen) atoms. The van der Waals surface area contributed by atoms with Crippen LogP contribution in [0, 0.1) is 18.4 Å². The first kappa shape index (κ1) is 25.5. The van der Waals surface area contributed by atoms with Crippen LogP contribution in [0.1, 0.15) is 78.4 Å². The summed E-state index contributed by atoms with van der Waals surface area (Å²) in [5.74, 6) is 3.67. The second-order valence-electron chi connectivity index (χ2n) is 10.8. The fourth-order valence-electron chi connectivity index (χ4n) is 5.95. The molecule has 3 aromatic heterocycles. The Kier molecular flexibility index (Phi) is 7.12. The molecule has 1 saturated heterocycles. The fraction of sp³-hybridized carbons (Fsp3) is 0.593. The van der Waals surface area contributed by atoms with Crippen LogP contribution in [0.4, 0.5) is 0 Å². The third kappa shape index (κ3) is 4.40. The monoisotopic (exact) mass is 493 g/mol. The number of aromatic nitrogens is 5. The number of ether oxygens (including phenoxy) is 1. The molecule has 1 unspecified atom stereocenters. The first-order chi connectivity index (χ1) is 16.6. The highest BCUT2D eigenvalue weighted by molar-refractivity contribution is 6.90. The number of pyridine rings is 1. The average Bonchev–Trinajstić information content (AvgIpc) is 3.29. The summed E-state index contributed by atoms with van der Waals surface area (Å²) in [6, 6.07) is 2.00. The molecule has 0 aliphatic carbocycles. The van der Waals surface area contributed by atoms with Gasteiger partial charge in [0.25, 0.3) is 0 Å². The van der Waals surface area contributed by atoms with E-state index in [1.807, 2.05) is 23.9 Å². The minimum absolute atomic E-state index is 0.106. The SMILES string of the molecule is Cc1nn(C)c(O)c1-c1cc2c(C#C[Si](C(C)C)(C(C)C)C(C)C)nn(C3CCCCO3)c2cn1. The van der Waals surface area contributed by atoms with Crippen LogP contribution in [0.5, 0.6) is 5.88 Å². The predicted molar refractivity (Wildman–Crippen MR) is 143 cm³/mol. The Balaban J connectivity index is 1.93. The summed E-state index contributed by atoms with van der Waals surface area (Å²) in [4.78, 5) is 4.71. The molecule has 7 nitrogen and oxygen atoms in total. The number of hydrogen-bond acceptors (Lipinski definition) is 5. The number of fused-ring (bicyclic) bond motifs is 1. The molecule has 0 amide bonds. The van der Waals surface area contributed by atoms with E-state index in [2.05, 4.69) is 58.1 Å². The molecule has 1 aliphatic heterocycles. The first-order valence-electron chi connectivity index (χ1n) is 12.8. The minimum atomic E-state index is -1.93. The van der Waals surface area contributed by atoms with Crippen molar-refractivity contribution < 1.29 is 9.84 Å². The third-order valence-electron chi connectivity index (χ3n) is 7.73. The van der Waals surface area contributed by atoms with Gasteiger partial charge < -0.3 is 9.84 Å². The molecule has 1 atom stereocenters. The van der Waals surface area contributed by atoms with Crippen molar-refractivity contribution in [2.75, 3.05) is 6.61 Å². The maximum atomic E-state index is 10.6. The summed E-state index contributed by atoms with van der Waals surface area (Å²) < 4.78 is 9.53. The molecular formula is C27H39N5O2Si. The lowest BCUT2D eigenvalue weighted by atomic mass is 10.1. The summed E-state index contributed by atoms with van der Waals surface area (Å²) in [6.45, 7) is 16.6. The highest BCUT2D eigenvalue weighted by Crippen LogP contribution is 2.41. The third-order valence-corrected chi connectivity index (χ3v) is 14.0. The molecule has 188 valence electrons. The zero-order chi connectivity index (χ0) is 25.5. The van der Waals surface area contributed by atoms with Crippen molar-refractivity contribution in [3.8, 4) is 28.6 Å². The summed E-state index contributed by atoms with van der Waals surface area (Å²) in [5.41, 5.74) is 9.17. The van der Waals surface area contributed by atoms with E-state index in [0.717, 1.165) is 48.2 Å². The molecule has 1 fully saturated rings. The zero-order valence-corrected chi connectivity index (χ0v) is 23.4. The Hall–Kier alpha value is -2.63. The van der Waals surface area contributed by atoms with Crippen LogP contribution in [0.3, 0.4) is 0 Å². The van der Waals surface area contributed by atoms with Crippen LogP contribution in [-0.2, 0) is 11.8 Å². The average molecular weight is 494 g/mol. The number of aromatic hydroxyl groups is 1. The van der Waals surface area contributed by atoms with Gasteiger partial charge in [-0.2, -0.15) is 10.2 Å². The minimum Gasteiger partial charge on any atom is -0.493 e. The van der Waals surface area contributed by atoms with Crippen molar-refractivity contribution in [2.45, 2.75) is 90.6 Å². The topological polar surface area (TPSA) is 78.0 Å². The Morgan fingerprint density at radius 1 is 1.09 bits per heavy atom. The molecule has 1 aliphatic rings. The van der Waals surface area contributed by atoms with Crippen LogP contribution < -0.4 is 0 Å². The largest absolute Gasteiger partial charge is 0.493 e. The predicted octanol–water partition coefficient (Wildman–Crippen LogP) is 6.11. The van der Waals surface area contributed by atoms with Crippen molar-refractivity contribution in [1.82, 2.24) is 24.5 Å². The fourth-order valence-corrected chi connectivity index (χ4v) is 11.1. The van der Waals surface area contributed by atoms with Crippen LogP contribution in [0.15, 0.2) is 12.3 Å². The maximum Gasteiger partial charge on any atom is 0.218 e. The van der Waals surface area contributed by atoms with E-state index in [1.165, 1.54) is 4.68 Å². The summed E-state index contributed by atoms with van der Waals surface area (Å²) in [6.07, 6.45) is 4.85. The van der Waals surface area contributed by atoms with Crippen molar-refractivity contribution in [1.29, 1.82) is 0 Å². The molecule has 1 N–H and O–H groups in total. The smallest absolute Gasteiger partial charge is 0.218 e. The second kappa shape index (κ2) is 9.79. The van der Waals surface area contributed by atoms with Gasteiger partial charge in [-0.25, -0.2) is 9.36 Å². The molecule has 0 radical (unpaired) electrons. The number of hydrogen-bond donors (Lipinski definition) is 1. The van der Waals surface area contributed by atoms with Crippen molar-refractivity contribution in [3.05, 3.63) is 23.7 Å². The van der Waals surface area contributed by atoms with Crippen LogP contribution in [0.25, 0.3) is 22.2 Å². The van der Waals surface area contributed by atoms with E-state index in [4.69, 9.17) is 14.8 Å². The van der Waals surface area contributed by atoms with E-state index in [1.54, 1.807) is 7.05 Å². The molecule has 4 rings (SSSR count). The standard InChI is InChI=1S/C27H39N5O2Si/c1-17(2)35(18(3)4,19(5)6)14-12-22-21-15-23(26-20(7)29-31(8)27(26)33)28-16-24(21)32(30-22)25-11-9-10-13-34-25/h15-19,25,33H,9-11,13H2,1-8H3. The van der Waals surface area contributed by atoms with Gasteiger partial charge >= 0.3 is 0 Å². The van der Waals surface area contributed by atoms with Gasteiger partial charge in [-0.15, -0.1) is 5.54 Å². The molecule has 8 heteroatoms. The summed E-state index contributed by atoms with van der Waals surface area (Å²) >= 11 is 0. The molecule has 0 spiro atoms. The van der Waals surface area contributed by atoms with Crippen LogP contribution in [0.2, 0.25) is 16.6 Å². The van der Waals surface area contributed by atoms with E-state index in [-0.39, 0.29) is 12.1 Å². The van der Waals surface area contributed by atoms with Gasteiger partial charge in [0.15, 0.2) is 6.23 Å². The van der Waals surface area contributed by atoms with Crippen LogP contribution in [-0.4, -0.2) is 44.3 Å². The van der Waals surface area contributed by atoms with Gasteiger partial charge in [0.1, 0.15) is 13.8 Å². The number of nitrogens with zero attached hydrogens (tertiary/aromatic N) is 5. The summed E-state index contributed by atoms with van der Waals surface area (Å²) in [5, 5.41) is 20.9. The van der Waals surface area contributed by atoms with Gasteiger partial charge in [-0.1, -0.05) is 47.5 Å². The molecule has 4 heterocycles. The van der Waals surface area contributed by atoms with E-state index >= 15 is 0 Å². The lowest BCUT2D eigenvalue weighted by Crippen LogP contribution is -2.43. The normalized spacial score (nSPS) is 16.9. The number of aryl methyl sites for hydroxylation is 2. The Labute approximate surface area is 209 Å². The molecule has 0 bridgehead atoms.